The zero-order chi connectivity index (χ0) is 11.8. The highest BCUT2D eigenvalue weighted by Crippen LogP contribution is 2.17. The van der Waals surface area contributed by atoms with E-state index in [0.717, 1.165) is 36.4 Å². The van der Waals surface area contributed by atoms with Crippen LogP contribution >= 0.6 is 0 Å². The van der Waals surface area contributed by atoms with Gasteiger partial charge in [-0.15, -0.1) is 6.58 Å². The number of unbranched alkanes of at least 4 members (excludes halogenated alkanes) is 1. The maximum Gasteiger partial charge on any atom is 0.140 e. The van der Waals surface area contributed by atoms with E-state index in [1.807, 2.05) is 25.1 Å². The first-order valence-corrected chi connectivity index (χ1v) is 5.68. The van der Waals surface area contributed by atoms with Crippen molar-refractivity contribution < 1.29 is 4.74 Å². The summed E-state index contributed by atoms with van der Waals surface area (Å²) < 4.78 is 5.68. The summed E-state index contributed by atoms with van der Waals surface area (Å²) in [6.45, 7) is 6.95. The number of nitrogens with zero attached hydrogens (tertiary/aromatic N) is 1. The van der Waals surface area contributed by atoms with E-state index in [-0.39, 0.29) is 0 Å². The molecule has 0 saturated carbocycles. The third kappa shape index (κ3) is 4.03. The minimum Gasteiger partial charge on any atom is -0.492 e. The van der Waals surface area contributed by atoms with Crippen LogP contribution in [0.15, 0.2) is 24.8 Å². The first kappa shape index (κ1) is 12.7. The van der Waals surface area contributed by atoms with Crippen molar-refractivity contribution in [1.29, 1.82) is 0 Å². The van der Waals surface area contributed by atoms with Crippen LogP contribution in [0.4, 0.5) is 0 Å². The summed E-state index contributed by atoms with van der Waals surface area (Å²) in [6, 6.07) is 3.93. The molecule has 0 aliphatic carbocycles. The molecule has 0 saturated heterocycles. The molecule has 1 aromatic heterocycles. The molecule has 16 heavy (non-hydrogen) atoms. The first-order valence-electron chi connectivity index (χ1n) is 5.68. The van der Waals surface area contributed by atoms with E-state index in [2.05, 4.69) is 11.6 Å². The number of aryl methyl sites for hydroxylation is 1. The van der Waals surface area contributed by atoms with Crippen LogP contribution in [0.5, 0.6) is 5.75 Å². The van der Waals surface area contributed by atoms with Gasteiger partial charge < -0.3 is 10.5 Å². The molecular weight excluding hydrogens is 200 g/mol. The fourth-order valence-electron chi connectivity index (χ4n) is 1.45. The largest absolute Gasteiger partial charge is 0.492 e. The first-order chi connectivity index (χ1) is 7.77. The normalized spacial score (nSPS) is 10.1. The van der Waals surface area contributed by atoms with Crippen LogP contribution in [0.1, 0.15) is 24.2 Å². The van der Waals surface area contributed by atoms with Gasteiger partial charge in [-0.3, -0.25) is 4.98 Å². The molecular formula is C13H20N2O. The van der Waals surface area contributed by atoms with Crippen molar-refractivity contribution in [3.8, 4) is 5.75 Å². The van der Waals surface area contributed by atoms with Crippen molar-refractivity contribution in [2.24, 2.45) is 5.73 Å². The minimum atomic E-state index is 0.597. The predicted molar refractivity (Wildman–Crippen MR) is 66.7 cm³/mol. The lowest BCUT2D eigenvalue weighted by atomic mass is 10.2. The molecule has 88 valence electrons. The number of nitrogens with two attached hydrogens (primary N) is 1. The summed E-state index contributed by atoms with van der Waals surface area (Å²) in [5.41, 5.74) is 7.51. The lowest BCUT2D eigenvalue weighted by molar-refractivity contribution is 0.307. The Balaban J connectivity index is 2.59. The SMILES string of the molecule is C=CCCCOc1ccc(C)nc1CCN. The second kappa shape index (κ2) is 7.01. The molecule has 0 amide bonds. The van der Waals surface area contributed by atoms with Crippen molar-refractivity contribution in [1.82, 2.24) is 4.98 Å². The van der Waals surface area contributed by atoms with E-state index >= 15 is 0 Å². The van der Waals surface area contributed by atoms with Crippen LogP contribution in [0.3, 0.4) is 0 Å². The van der Waals surface area contributed by atoms with Crippen LogP contribution < -0.4 is 10.5 Å². The van der Waals surface area contributed by atoms with Crippen molar-refractivity contribution in [3.05, 3.63) is 36.2 Å². The van der Waals surface area contributed by atoms with Crippen LogP contribution in [0, 0.1) is 6.92 Å². The Morgan fingerprint density at radius 3 is 3.00 bits per heavy atom. The Hall–Kier alpha value is -1.35. The third-order valence-corrected chi connectivity index (χ3v) is 2.26. The van der Waals surface area contributed by atoms with Crippen molar-refractivity contribution in [3.63, 3.8) is 0 Å². The number of ether oxygens (including phenoxy) is 1. The molecule has 3 heteroatoms. The highest BCUT2D eigenvalue weighted by atomic mass is 16.5. The van der Waals surface area contributed by atoms with E-state index in [9.17, 15) is 0 Å². The number of aromatic nitrogens is 1. The second-order valence-electron chi connectivity index (χ2n) is 3.72. The maximum absolute atomic E-state index is 5.68. The highest BCUT2D eigenvalue weighted by Gasteiger charge is 2.04. The van der Waals surface area contributed by atoms with Crippen molar-refractivity contribution in [2.45, 2.75) is 26.2 Å². The fraction of sp³-hybridized carbons (Fsp3) is 0.462. The summed E-state index contributed by atoms with van der Waals surface area (Å²) in [5.74, 6) is 0.861. The Bertz CT molecular complexity index is 337. The fourth-order valence-corrected chi connectivity index (χ4v) is 1.45. The Morgan fingerprint density at radius 1 is 1.50 bits per heavy atom. The van der Waals surface area contributed by atoms with Gasteiger partial charge in [-0.1, -0.05) is 6.08 Å². The lowest BCUT2D eigenvalue weighted by Crippen LogP contribution is -2.08. The van der Waals surface area contributed by atoms with Gasteiger partial charge in [-0.2, -0.15) is 0 Å². The zero-order valence-corrected chi connectivity index (χ0v) is 9.91. The topological polar surface area (TPSA) is 48.1 Å². The molecule has 0 fully saturated rings. The summed E-state index contributed by atoms with van der Waals surface area (Å²) in [5, 5.41) is 0. The standard InChI is InChI=1S/C13H20N2O/c1-3-4-5-10-16-13-7-6-11(2)15-12(13)8-9-14/h3,6-7H,1,4-5,8-10,14H2,2H3. The second-order valence-corrected chi connectivity index (χ2v) is 3.72. The predicted octanol–water partition coefficient (Wildman–Crippen LogP) is 2.24. The third-order valence-electron chi connectivity index (χ3n) is 2.26. The van der Waals surface area contributed by atoms with Crippen molar-refractivity contribution >= 4 is 0 Å². The molecule has 2 N–H and O–H groups in total. The van der Waals surface area contributed by atoms with Gasteiger partial charge in [-0.25, -0.2) is 0 Å². The smallest absolute Gasteiger partial charge is 0.140 e. The van der Waals surface area contributed by atoms with Gasteiger partial charge in [0.25, 0.3) is 0 Å². The monoisotopic (exact) mass is 220 g/mol. The summed E-state index contributed by atoms with van der Waals surface area (Å²) in [4.78, 5) is 4.44. The van der Waals surface area contributed by atoms with Gasteiger partial charge in [0.1, 0.15) is 5.75 Å². The molecule has 1 aromatic rings. The average molecular weight is 220 g/mol. The van der Waals surface area contributed by atoms with Crippen LogP contribution in [-0.2, 0) is 6.42 Å². The summed E-state index contributed by atoms with van der Waals surface area (Å²) >= 11 is 0. The molecule has 0 radical (unpaired) electrons. The quantitative estimate of drug-likeness (QED) is 0.566. The van der Waals surface area contributed by atoms with Gasteiger partial charge in [0.2, 0.25) is 0 Å². The van der Waals surface area contributed by atoms with E-state index in [0.29, 0.717) is 13.2 Å². The molecule has 1 rings (SSSR count). The molecule has 0 atom stereocenters. The van der Waals surface area contributed by atoms with E-state index in [1.165, 1.54) is 0 Å². The maximum atomic E-state index is 5.68. The highest BCUT2D eigenvalue weighted by molar-refractivity contribution is 5.29. The van der Waals surface area contributed by atoms with Gasteiger partial charge >= 0.3 is 0 Å². The van der Waals surface area contributed by atoms with E-state index in [4.69, 9.17) is 10.5 Å². The summed E-state index contributed by atoms with van der Waals surface area (Å²) in [7, 11) is 0. The number of allylic oxidation sites excluding steroid dienone is 1. The van der Waals surface area contributed by atoms with Gasteiger partial charge in [0.15, 0.2) is 0 Å². The van der Waals surface area contributed by atoms with Crippen LogP contribution in [-0.4, -0.2) is 18.1 Å². The minimum absolute atomic E-state index is 0.597. The summed E-state index contributed by atoms with van der Waals surface area (Å²) in [6.07, 6.45) is 4.63. The Morgan fingerprint density at radius 2 is 2.31 bits per heavy atom. The number of hydrogen-bond donors (Lipinski definition) is 1. The molecule has 0 aliphatic heterocycles. The van der Waals surface area contributed by atoms with Crippen LogP contribution in [0.2, 0.25) is 0 Å². The number of hydrogen-bond acceptors (Lipinski definition) is 3. The molecule has 0 aliphatic rings. The zero-order valence-electron chi connectivity index (χ0n) is 9.91. The molecule has 0 aromatic carbocycles. The number of rotatable bonds is 7. The molecule has 0 bridgehead atoms. The van der Waals surface area contributed by atoms with Crippen molar-refractivity contribution in [2.75, 3.05) is 13.2 Å². The van der Waals surface area contributed by atoms with Gasteiger partial charge in [-0.05, 0) is 38.4 Å². The Kier molecular flexibility index (Phi) is 5.57. The van der Waals surface area contributed by atoms with E-state index < -0.39 is 0 Å². The van der Waals surface area contributed by atoms with E-state index in [1.54, 1.807) is 0 Å². The number of pyridine rings is 1. The lowest BCUT2D eigenvalue weighted by Gasteiger charge is -2.10. The Labute approximate surface area is 97.3 Å². The van der Waals surface area contributed by atoms with Gasteiger partial charge in [0.05, 0.1) is 12.3 Å². The molecule has 3 nitrogen and oxygen atoms in total. The van der Waals surface area contributed by atoms with Gasteiger partial charge in [0, 0.05) is 12.1 Å². The average Bonchev–Trinajstić information content (AvgIpc) is 2.27. The van der Waals surface area contributed by atoms with Crippen LogP contribution in [0.25, 0.3) is 0 Å². The molecule has 0 spiro atoms. The molecule has 1 heterocycles. The molecule has 0 unspecified atom stereocenters.